The van der Waals surface area contributed by atoms with Gasteiger partial charge in [-0.3, -0.25) is 4.79 Å². The maximum atomic E-state index is 12.5. The Morgan fingerprint density at radius 3 is 2.43 bits per heavy atom. The molecule has 1 aliphatic heterocycles. The summed E-state index contributed by atoms with van der Waals surface area (Å²) < 4.78 is 0. The summed E-state index contributed by atoms with van der Waals surface area (Å²) in [5, 5.41) is 8.69. The number of benzene rings is 1. The van der Waals surface area contributed by atoms with E-state index in [4.69, 9.17) is 5.26 Å². The Balaban J connectivity index is 1.61. The highest BCUT2D eigenvalue weighted by Crippen LogP contribution is 2.15. The molecule has 0 N–H and O–H groups in total. The number of nitriles is 1. The summed E-state index contributed by atoms with van der Waals surface area (Å²) in [5.41, 5.74) is 1.61. The molecule has 0 bridgehead atoms. The van der Waals surface area contributed by atoms with Gasteiger partial charge in [-0.2, -0.15) is 5.26 Å². The van der Waals surface area contributed by atoms with Gasteiger partial charge in [0.15, 0.2) is 0 Å². The molecule has 116 valence electrons. The van der Waals surface area contributed by atoms with Gasteiger partial charge in [-0.05, 0) is 29.8 Å². The topological polar surface area (TPSA) is 60.2 Å². The summed E-state index contributed by atoms with van der Waals surface area (Å²) in [5.74, 6) is 1.01. The number of nitrogens with zero attached hydrogens (tertiary/aromatic N) is 4. The fraction of sp³-hybridized carbons (Fsp3) is 0.278. The quantitative estimate of drug-likeness (QED) is 0.871. The molecule has 1 fully saturated rings. The second kappa shape index (κ2) is 6.93. The van der Waals surface area contributed by atoms with Crippen LogP contribution in [0.3, 0.4) is 0 Å². The molecule has 0 unspecified atom stereocenters. The lowest BCUT2D eigenvalue weighted by atomic mass is 10.1. The van der Waals surface area contributed by atoms with Crippen LogP contribution in [-0.2, 0) is 6.42 Å². The molecule has 1 amide bonds. The number of rotatable bonds is 3. The zero-order valence-electron chi connectivity index (χ0n) is 12.9. The van der Waals surface area contributed by atoms with Crippen LogP contribution >= 0.6 is 0 Å². The highest BCUT2D eigenvalue weighted by molar-refractivity contribution is 5.94. The highest BCUT2D eigenvalue weighted by atomic mass is 16.2. The number of carbonyl (C=O) groups excluding carboxylic acids is 1. The first-order valence-corrected chi connectivity index (χ1v) is 7.69. The van der Waals surface area contributed by atoms with Crippen molar-refractivity contribution >= 4 is 11.7 Å². The minimum atomic E-state index is 0.0502. The van der Waals surface area contributed by atoms with Crippen LogP contribution in [0.4, 0.5) is 5.82 Å². The Morgan fingerprint density at radius 1 is 1.09 bits per heavy atom. The van der Waals surface area contributed by atoms with Gasteiger partial charge in [0.2, 0.25) is 0 Å². The molecule has 2 heterocycles. The average molecular weight is 306 g/mol. The predicted octanol–water partition coefficient (Wildman–Crippen LogP) is 2.11. The Kier molecular flexibility index (Phi) is 4.53. The lowest BCUT2D eigenvalue weighted by Crippen LogP contribution is -2.49. The van der Waals surface area contributed by atoms with E-state index in [-0.39, 0.29) is 5.91 Å². The highest BCUT2D eigenvalue weighted by Gasteiger charge is 2.22. The molecule has 5 nitrogen and oxygen atoms in total. The third kappa shape index (κ3) is 3.49. The van der Waals surface area contributed by atoms with Crippen molar-refractivity contribution in [3.8, 4) is 6.07 Å². The first kappa shape index (κ1) is 15.0. The average Bonchev–Trinajstić information content (AvgIpc) is 2.63. The minimum Gasteiger partial charge on any atom is -0.353 e. The number of pyridine rings is 1. The van der Waals surface area contributed by atoms with Gasteiger partial charge in [-0.15, -0.1) is 0 Å². The second-order valence-electron chi connectivity index (χ2n) is 5.50. The molecule has 0 aliphatic carbocycles. The Hall–Kier alpha value is -2.87. The Bertz CT molecular complexity index is 698. The summed E-state index contributed by atoms with van der Waals surface area (Å²) in [7, 11) is 0. The SMILES string of the molecule is N#CCc1ccc(C(=O)N2CCN(c3ccccn3)CC2)cc1. The summed E-state index contributed by atoms with van der Waals surface area (Å²) in [4.78, 5) is 21.0. The van der Waals surface area contributed by atoms with Crippen molar-refractivity contribution in [3.63, 3.8) is 0 Å². The van der Waals surface area contributed by atoms with Gasteiger partial charge in [0.25, 0.3) is 5.91 Å². The number of carbonyl (C=O) groups is 1. The molecular formula is C18H18N4O. The van der Waals surface area contributed by atoms with Gasteiger partial charge in [-0.1, -0.05) is 18.2 Å². The van der Waals surface area contributed by atoms with E-state index in [1.54, 1.807) is 18.3 Å². The standard InChI is InChI=1S/C18H18N4O/c19-9-8-15-4-6-16(7-5-15)18(23)22-13-11-21(12-14-22)17-3-1-2-10-20-17/h1-7,10H,8,11-14H2. The molecule has 5 heteroatoms. The van der Waals surface area contributed by atoms with Crippen LogP contribution in [0.15, 0.2) is 48.7 Å². The van der Waals surface area contributed by atoms with Crippen LogP contribution in [0.2, 0.25) is 0 Å². The Morgan fingerprint density at radius 2 is 1.83 bits per heavy atom. The van der Waals surface area contributed by atoms with Crippen molar-refractivity contribution in [2.75, 3.05) is 31.1 Å². The van der Waals surface area contributed by atoms with Crippen molar-refractivity contribution in [1.29, 1.82) is 5.26 Å². The van der Waals surface area contributed by atoms with Crippen LogP contribution in [-0.4, -0.2) is 42.0 Å². The number of amides is 1. The zero-order valence-corrected chi connectivity index (χ0v) is 12.9. The molecule has 1 aromatic heterocycles. The maximum Gasteiger partial charge on any atom is 0.253 e. The first-order valence-electron chi connectivity index (χ1n) is 7.69. The molecule has 1 aromatic carbocycles. The lowest BCUT2D eigenvalue weighted by Gasteiger charge is -2.35. The maximum absolute atomic E-state index is 12.5. The lowest BCUT2D eigenvalue weighted by molar-refractivity contribution is 0.0746. The smallest absolute Gasteiger partial charge is 0.253 e. The van der Waals surface area contributed by atoms with E-state index in [1.165, 1.54) is 0 Å². The van der Waals surface area contributed by atoms with Crippen LogP contribution in [0.1, 0.15) is 15.9 Å². The number of hydrogen-bond donors (Lipinski definition) is 0. The molecule has 0 radical (unpaired) electrons. The van der Waals surface area contributed by atoms with E-state index in [9.17, 15) is 4.79 Å². The molecule has 2 aromatic rings. The first-order chi connectivity index (χ1) is 11.3. The number of hydrogen-bond acceptors (Lipinski definition) is 4. The molecule has 1 saturated heterocycles. The number of anilines is 1. The van der Waals surface area contributed by atoms with Gasteiger partial charge in [0.05, 0.1) is 12.5 Å². The minimum absolute atomic E-state index is 0.0502. The molecule has 23 heavy (non-hydrogen) atoms. The second-order valence-corrected chi connectivity index (χ2v) is 5.50. The van der Waals surface area contributed by atoms with Gasteiger partial charge in [-0.25, -0.2) is 4.98 Å². The van der Waals surface area contributed by atoms with Crippen molar-refractivity contribution in [1.82, 2.24) is 9.88 Å². The van der Waals surface area contributed by atoms with Crippen molar-refractivity contribution in [2.24, 2.45) is 0 Å². The molecule has 0 saturated carbocycles. The summed E-state index contributed by atoms with van der Waals surface area (Å²) in [6, 6.07) is 15.3. The number of aromatic nitrogens is 1. The van der Waals surface area contributed by atoms with E-state index in [0.717, 1.165) is 24.5 Å². The number of piperazine rings is 1. The van der Waals surface area contributed by atoms with Crippen molar-refractivity contribution in [3.05, 3.63) is 59.8 Å². The van der Waals surface area contributed by atoms with E-state index < -0.39 is 0 Å². The third-order valence-electron chi connectivity index (χ3n) is 4.02. The zero-order chi connectivity index (χ0) is 16.1. The monoisotopic (exact) mass is 306 g/mol. The normalized spacial score (nSPS) is 14.4. The largest absolute Gasteiger partial charge is 0.353 e. The van der Waals surface area contributed by atoms with Gasteiger partial charge in [0, 0.05) is 37.9 Å². The van der Waals surface area contributed by atoms with Crippen LogP contribution < -0.4 is 4.90 Å². The fourth-order valence-electron chi connectivity index (χ4n) is 2.72. The molecule has 0 atom stereocenters. The van der Waals surface area contributed by atoms with Gasteiger partial charge in [0.1, 0.15) is 5.82 Å². The van der Waals surface area contributed by atoms with Gasteiger partial charge < -0.3 is 9.80 Å². The predicted molar refractivity (Wildman–Crippen MR) is 88.1 cm³/mol. The van der Waals surface area contributed by atoms with E-state index in [1.807, 2.05) is 35.2 Å². The molecular weight excluding hydrogens is 288 g/mol. The van der Waals surface area contributed by atoms with Crippen LogP contribution in [0, 0.1) is 11.3 Å². The third-order valence-corrected chi connectivity index (χ3v) is 4.02. The fourth-order valence-corrected chi connectivity index (χ4v) is 2.72. The van der Waals surface area contributed by atoms with E-state index in [0.29, 0.717) is 25.1 Å². The molecule has 3 rings (SSSR count). The van der Waals surface area contributed by atoms with E-state index in [2.05, 4.69) is 16.0 Å². The van der Waals surface area contributed by atoms with Crippen LogP contribution in [0.5, 0.6) is 0 Å². The summed E-state index contributed by atoms with van der Waals surface area (Å²) >= 11 is 0. The van der Waals surface area contributed by atoms with Crippen LogP contribution in [0.25, 0.3) is 0 Å². The Labute approximate surface area is 135 Å². The van der Waals surface area contributed by atoms with Gasteiger partial charge >= 0.3 is 0 Å². The molecule has 0 spiro atoms. The summed E-state index contributed by atoms with van der Waals surface area (Å²) in [6.45, 7) is 2.95. The van der Waals surface area contributed by atoms with Crippen molar-refractivity contribution < 1.29 is 4.79 Å². The molecule has 1 aliphatic rings. The summed E-state index contributed by atoms with van der Waals surface area (Å²) in [6.07, 6.45) is 2.16. The van der Waals surface area contributed by atoms with Crippen molar-refractivity contribution in [2.45, 2.75) is 6.42 Å². The van der Waals surface area contributed by atoms with E-state index >= 15 is 0 Å².